The first-order valence-electron chi connectivity index (χ1n) is 10.1. The molecule has 0 aromatic rings. The van der Waals surface area contributed by atoms with Crippen molar-refractivity contribution in [3.05, 3.63) is 0 Å². The van der Waals surface area contributed by atoms with Crippen molar-refractivity contribution >= 4 is 5.91 Å². The van der Waals surface area contributed by atoms with Gasteiger partial charge < -0.3 is 10.8 Å². The van der Waals surface area contributed by atoms with E-state index in [0.717, 1.165) is 38.5 Å². The molecule has 0 radical (unpaired) electrons. The highest BCUT2D eigenvalue weighted by Crippen LogP contribution is 2.16. The first-order valence-corrected chi connectivity index (χ1v) is 10.1. The number of aliphatic hydroxyl groups is 1. The summed E-state index contributed by atoms with van der Waals surface area (Å²) < 4.78 is 0. The number of amides is 1. The van der Waals surface area contributed by atoms with Gasteiger partial charge in [0.05, 0.1) is 6.10 Å². The molecule has 0 saturated carbocycles. The average molecular weight is 328 g/mol. The first-order chi connectivity index (χ1) is 11.1. The minimum Gasteiger partial charge on any atom is -0.393 e. The second-order valence-corrected chi connectivity index (χ2v) is 7.06. The maximum Gasteiger partial charge on any atom is 0.220 e. The standard InChI is InChI=1S/C20H41NO2/c1-3-5-6-13-16-19(22)17-14-11-9-7-8-10-12-15-18(4-2)20(21)23/h18-19,22H,3-17H2,1-2H3,(H2,21,23). The van der Waals surface area contributed by atoms with E-state index in [9.17, 15) is 9.90 Å². The van der Waals surface area contributed by atoms with Crippen molar-refractivity contribution in [1.29, 1.82) is 0 Å². The zero-order chi connectivity index (χ0) is 17.3. The molecule has 0 aliphatic rings. The molecule has 2 atom stereocenters. The van der Waals surface area contributed by atoms with Crippen molar-refractivity contribution < 1.29 is 9.90 Å². The van der Waals surface area contributed by atoms with Crippen LogP contribution in [0.25, 0.3) is 0 Å². The van der Waals surface area contributed by atoms with Crippen molar-refractivity contribution in [2.45, 2.75) is 116 Å². The van der Waals surface area contributed by atoms with Gasteiger partial charge >= 0.3 is 0 Å². The van der Waals surface area contributed by atoms with Gasteiger partial charge in [-0.15, -0.1) is 0 Å². The van der Waals surface area contributed by atoms with Crippen LogP contribution in [0.2, 0.25) is 0 Å². The number of rotatable bonds is 17. The summed E-state index contributed by atoms with van der Waals surface area (Å²) in [4.78, 5) is 11.1. The van der Waals surface area contributed by atoms with Crippen LogP contribution in [0.4, 0.5) is 0 Å². The van der Waals surface area contributed by atoms with E-state index in [1.807, 2.05) is 6.92 Å². The lowest BCUT2D eigenvalue weighted by molar-refractivity contribution is -0.122. The highest BCUT2D eigenvalue weighted by atomic mass is 16.3. The molecule has 0 rings (SSSR count). The van der Waals surface area contributed by atoms with Gasteiger partial charge in [-0.3, -0.25) is 4.79 Å². The summed E-state index contributed by atoms with van der Waals surface area (Å²) in [6.45, 7) is 4.25. The van der Waals surface area contributed by atoms with Gasteiger partial charge in [-0.2, -0.15) is 0 Å². The van der Waals surface area contributed by atoms with E-state index in [0.29, 0.717) is 0 Å². The normalized spacial score (nSPS) is 13.9. The Morgan fingerprint density at radius 3 is 1.65 bits per heavy atom. The molecule has 138 valence electrons. The Bertz CT molecular complexity index is 268. The predicted octanol–water partition coefficient (Wildman–Crippen LogP) is 5.34. The van der Waals surface area contributed by atoms with Crippen molar-refractivity contribution in [3.63, 3.8) is 0 Å². The fourth-order valence-electron chi connectivity index (χ4n) is 3.15. The maximum absolute atomic E-state index is 11.1. The molecule has 0 aliphatic carbocycles. The van der Waals surface area contributed by atoms with Gasteiger partial charge in [0, 0.05) is 5.92 Å². The second kappa shape index (κ2) is 16.3. The van der Waals surface area contributed by atoms with Gasteiger partial charge in [0.15, 0.2) is 0 Å². The third kappa shape index (κ3) is 14.7. The number of primary amides is 1. The van der Waals surface area contributed by atoms with Crippen molar-refractivity contribution in [3.8, 4) is 0 Å². The third-order valence-electron chi connectivity index (χ3n) is 4.88. The summed E-state index contributed by atoms with van der Waals surface area (Å²) in [7, 11) is 0. The highest BCUT2D eigenvalue weighted by Gasteiger charge is 2.11. The minimum absolute atomic E-state index is 0.0772. The van der Waals surface area contributed by atoms with E-state index in [4.69, 9.17) is 5.73 Å². The lowest BCUT2D eigenvalue weighted by atomic mass is 9.97. The van der Waals surface area contributed by atoms with E-state index in [1.165, 1.54) is 57.8 Å². The van der Waals surface area contributed by atoms with Gasteiger partial charge in [-0.25, -0.2) is 0 Å². The molecule has 3 N–H and O–H groups in total. The topological polar surface area (TPSA) is 63.3 Å². The van der Waals surface area contributed by atoms with Gasteiger partial charge in [0.2, 0.25) is 5.91 Å². The molecule has 0 heterocycles. The van der Waals surface area contributed by atoms with E-state index >= 15 is 0 Å². The van der Waals surface area contributed by atoms with Gasteiger partial charge in [0.25, 0.3) is 0 Å². The number of carbonyl (C=O) groups excluding carboxylic acids is 1. The zero-order valence-electron chi connectivity index (χ0n) is 15.7. The SMILES string of the molecule is CCCCCCC(O)CCCCCCCCCC(CC)C(N)=O. The summed E-state index contributed by atoms with van der Waals surface area (Å²) in [6, 6.07) is 0. The number of hydrogen-bond donors (Lipinski definition) is 2. The van der Waals surface area contributed by atoms with Crippen LogP contribution in [-0.2, 0) is 4.79 Å². The Kier molecular flexibility index (Phi) is 15.9. The van der Waals surface area contributed by atoms with Crippen LogP contribution in [0.5, 0.6) is 0 Å². The number of nitrogens with two attached hydrogens (primary N) is 1. The quantitative estimate of drug-likeness (QED) is 0.354. The molecule has 0 aliphatic heterocycles. The van der Waals surface area contributed by atoms with Crippen LogP contribution in [0, 0.1) is 5.92 Å². The Hall–Kier alpha value is -0.570. The smallest absolute Gasteiger partial charge is 0.220 e. The number of carbonyl (C=O) groups is 1. The van der Waals surface area contributed by atoms with E-state index in [2.05, 4.69) is 6.92 Å². The lowest BCUT2D eigenvalue weighted by Crippen LogP contribution is -2.22. The molecule has 0 spiro atoms. The van der Waals surface area contributed by atoms with Crippen LogP contribution >= 0.6 is 0 Å². The van der Waals surface area contributed by atoms with Crippen molar-refractivity contribution in [2.75, 3.05) is 0 Å². The molecular weight excluding hydrogens is 286 g/mol. The molecule has 3 nitrogen and oxygen atoms in total. The number of aliphatic hydroxyl groups excluding tert-OH is 1. The maximum atomic E-state index is 11.1. The number of hydrogen-bond acceptors (Lipinski definition) is 2. The van der Waals surface area contributed by atoms with Gasteiger partial charge in [0.1, 0.15) is 0 Å². The van der Waals surface area contributed by atoms with Crippen molar-refractivity contribution in [2.24, 2.45) is 11.7 Å². The van der Waals surface area contributed by atoms with Crippen LogP contribution in [-0.4, -0.2) is 17.1 Å². The van der Waals surface area contributed by atoms with Crippen molar-refractivity contribution in [1.82, 2.24) is 0 Å². The van der Waals surface area contributed by atoms with E-state index < -0.39 is 0 Å². The molecule has 23 heavy (non-hydrogen) atoms. The highest BCUT2D eigenvalue weighted by molar-refractivity contribution is 5.76. The van der Waals surface area contributed by atoms with Gasteiger partial charge in [-0.05, 0) is 25.7 Å². The number of unbranched alkanes of at least 4 members (excludes halogenated alkanes) is 9. The molecule has 0 fully saturated rings. The monoisotopic (exact) mass is 327 g/mol. The fraction of sp³-hybridized carbons (Fsp3) is 0.950. The predicted molar refractivity (Wildman–Crippen MR) is 99.3 cm³/mol. The van der Waals surface area contributed by atoms with Crippen LogP contribution in [0.15, 0.2) is 0 Å². The van der Waals surface area contributed by atoms with Crippen LogP contribution < -0.4 is 5.73 Å². The molecule has 1 amide bonds. The van der Waals surface area contributed by atoms with Gasteiger partial charge in [-0.1, -0.05) is 84.5 Å². The van der Waals surface area contributed by atoms with Crippen LogP contribution in [0.1, 0.15) is 110 Å². The molecule has 3 heteroatoms. The second-order valence-electron chi connectivity index (χ2n) is 7.06. The molecular formula is C20H41NO2. The average Bonchev–Trinajstić information content (AvgIpc) is 2.53. The Labute approximate surface area is 144 Å². The Morgan fingerprint density at radius 1 is 0.783 bits per heavy atom. The summed E-state index contributed by atoms with van der Waals surface area (Å²) in [6.07, 6.45) is 17.3. The van der Waals surface area contributed by atoms with E-state index in [-0.39, 0.29) is 17.9 Å². The largest absolute Gasteiger partial charge is 0.393 e. The third-order valence-corrected chi connectivity index (χ3v) is 4.88. The zero-order valence-corrected chi connectivity index (χ0v) is 15.7. The Morgan fingerprint density at radius 2 is 1.22 bits per heavy atom. The molecule has 0 aromatic carbocycles. The molecule has 0 bridgehead atoms. The lowest BCUT2D eigenvalue weighted by Gasteiger charge is -2.11. The summed E-state index contributed by atoms with van der Waals surface area (Å²) in [5.74, 6) is -0.0606. The Balaban J connectivity index is 3.28. The first kappa shape index (κ1) is 22.4. The van der Waals surface area contributed by atoms with E-state index in [1.54, 1.807) is 0 Å². The summed E-state index contributed by atoms with van der Waals surface area (Å²) in [5.41, 5.74) is 5.35. The molecule has 0 aromatic heterocycles. The minimum atomic E-state index is -0.138. The van der Waals surface area contributed by atoms with Crippen LogP contribution in [0.3, 0.4) is 0 Å². The molecule has 0 saturated heterocycles. The summed E-state index contributed by atoms with van der Waals surface area (Å²) >= 11 is 0. The molecule has 2 unspecified atom stereocenters. The fourth-order valence-corrected chi connectivity index (χ4v) is 3.15. The summed E-state index contributed by atoms with van der Waals surface area (Å²) in [5, 5.41) is 9.90.